The van der Waals surface area contributed by atoms with E-state index in [2.05, 4.69) is 32.8 Å². The van der Waals surface area contributed by atoms with Crippen molar-refractivity contribution in [1.82, 2.24) is 5.43 Å². The summed E-state index contributed by atoms with van der Waals surface area (Å²) >= 11 is 2.13. The second-order valence-electron chi connectivity index (χ2n) is 4.24. The molecule has 1 atom stereocenters. The summed E-state index contributed by atoms with van der Waals surface area (Å²) in [6, 6.07) is 12.7. The van der Waals surface area contributed by atoms with Crippen LogP contribution >= 0.6 is 22.6 Å². The summed E-state index contributed by atoms with van der Waals surface area (Å²) in [7, 11) is 0. The largest absolute Gasteiger partial charge is 0.573 e. The molecule has 0 spiro atoms. The zero-order valence-electron chi connectivity index (χ0n) is 10.7. The molecule has 0 aromatic heterocycles. The van der Waals surface area contributed by atoms with Crippen molar-refractivity contribution in [2.24, 2.45) is 5.84 Å². The van der Waals surface area contributed by atoms with E-state index in [0.717, 1.165) is 9.13 Å². The molecule has 0 heterocycles. The zero-order valence-corrected chi connectivity index (χ0v) is 12.9. The molecule has 2 aromatic rings. The Morgan fingerprint density at radius 1 is 1.10 bits per heavy atom. The summed E-state index contributed by atoms with van der Waals surface area (Å²) in [6.07, 6.45) is -4.75. The molecule has 0 amide bonds. The van der Waals surface area contributed by atoms with Gasteiger partial charge in [0.05, 0.1) is 6.04 Å². The van der Waals surface area contributed by atoms with E-state index < -0.39 is 12.4 Å². The number of hydrogen-bond donors (Lipinski definition) is 2. The van der Waals surface area contributed by atoms with Crippen molar-refractivity contribution in [3.63, 3.8) is 0 Å². The van der Waals surface area contributed by atoms with Crippen LogP contribution in [0.1, 0.15) is 17.2 Å². The standard InChI is InChI=1S/C14H12F3IN2O/c15-14(16,17)21-12-7-2-1-6-11(12)13(20-19)9-4-3-5-10(18)8-9/h1-8,13,20H,19H2. The first-order chi connectivity index (χ1) is 9.90. The second kappa shape index (κ2) is 6.63. The summed E-state index contributed by atoms with van der Waals surface area (Å²) in [5.74, 6) is 5.26. The van der Waals surface area contributed by atoms with Gasteiger partial charge in [-0.1, -0.05) is 30.3 Å². The molecule has 3 nitrogen and oxygen atoms in total. The van der Waals surface area contributed by atoms with Crippen LogP contribution in [0, 0.1) is 3.57 Å². The highest BCUT2D eigenvalue weighted by atomic mass is 127. The Kier molecular flexibility index (Phi) is 5.07. The Morgan fingerprint density at radius 3 is 2.43 bits per heavy atom. The zero-order chi connectivity index (χ0) is 15.5. The molecule has 0 bridgehead atoms. The Labute approximate surface area is 133 Å². The van der Waals surface area contributed by atoms with Gasteiger partial charge < -0.3 is 4.74 Å². The Hall–Kier alpha value is -1.32. The lowest BCUT2D eigenvalue weighted by molar-refractivity contribution is -0.275. The van der Waals surface area contributed by atoms with Crippen molar-refractivity contribution in [1.29, 1.82) is 0 Å². The number of nitrogens with two attached hydrogens (primary N) is 1. The average molecular weight is 408 g/mol. The predicted octanol–water partition coefficient (Wildman–Crippen LogP) is 3.74. The van der Waals surface area contributed by atoms with Crippen molar-refractivity contribution in [2.45, 2.75) is 12.4 Å². The Balaban J connectivity index is 2.43. The summed E-state index contributed by atoms with van der Waals surface area (Å²) in [5, 5.41) is 0. The van der Waals surface area contributed by atoms with Crippen LogP contribution in [-0.2, 0) is 0 Å². The normalized spacial score (nSPS) is 13.0. The van der Waals surface area contributed by atoms with Crippen LogP contribution in [-0.4, -0.2) is 6.36 Å². The maximum atomic E-state index is 12.5. The van der Waals surface area contributed by atoms with E-state index in [1.165, 1.54) is 12.1 Å². The van der Waals surface area contributed by atoms with Gasteiger partial charge in [0.25, 0.3) is 0 Å². The number of rotatable bonds is 4. The lowest BCUT2D eigenvalue weighted by Crippen LogP contribution is -2.30. The highest BCUT2D eigenvalue weighted by molar-refractivity contribution is 14.1. The van der Waals surface area contributed by atoms with E-state index >= 15 is 0 Å². The third-order valence-corrected chi connectivity index (χ3v) is 3.48. The van der Waals surface area contributed by atoms with Crippen LogP contribution in [0.2, 0.25) is 0 Å². The van der Waals surface area contributed by atoms with Crippen LogP contribution in [0.25, 0.3) is 0 Å². The van der Waals surface area contributed by atoms with Gasteiger partial charge in [0.15, 0.2) is 0 Å². The molecule has 0 saturated carbocycles. The topological polar surface area (TPSA) is 47.3 Å². The molecule has 7 heteroatoms. The smallest absolute Gasteiger partial charge is 0.405 e. The quantitative estimate of drug-likeness (QED) is 0.461. The van der Waals surface area contributed by atoms with Crippen molar-refractivity contribution in [2.75, 3.05) is 0 Å². The molecule has 3 N–H and O–H groups in total. The van der Waals surface area contributed by atoms with Crippen molar-refractivity contribution in [3.8, 4) is 5.75 Å². The summed E-state index contributed by atoms with van der Waals surface area (Å²) in [5.41, 5.74) is 3.61. The monoisotopic (exact) mass is 408 g/mol. The second-order valence-corrected chi connectivity index (χ2v) is 5.49. The summed E-state index contributed by atoms with van der Waals surface area (Å²) in [4.78, 5) is 0. The van der Waals surface area contributed by atoms with Crippen LogP contribution in [0.5, 0.6) is 5.75 Å². The van der Waals surface area contributed by atoms with E-state index in [0.29, 0.717) is 5.56 Å². The van der Waals surface area contributed by atoms with Gasteiger partial charge in [-0.05, 0) is 46.4 Å². The Morgan fingerprint density at radius 2 is 1.81 bits per heavy atom. The molecule has 112 valence electrons. The number of nitrogens with one attached hydrogen (secondary N) is 1. The highest BCUT2D eigenvalue weighted by Crippen LogP contribution is 2.33. The van der Waals surface area contributed by atoms with Gasteiger partial charge in [0, 0.05) is 9.13 Å². The van der Waals surface area contributed by atoms with Gasteiger partial charge in [-0.25, -0.2) is 5.43 Å². The molecule has 2 rings (SSSR count). The van der Waals surface area contributed by atoms with Crippen LogP contribution in [0.3, 0.4) is 0 Å². The predicted molar refractivity (Wildman–Crippen MR) is 81.5 cm³/mol. The van der Waals surface area contributed by atoms with Crippen LogP contribution in [0.15, 0.2) is 48.5 Å². The molecule has 0 saturated heterocycles. The first kappa shape index (κ1) is 16.1. The molecule has 21 heavy (non-hydrogen) atoms. The molecule has 1 unspecified atom stereocenters. The van der Waals surface area contributed by atoms with E-state index in [9.17, 15) is 13.2 Å². The van der Waals surface area contributed by atoms with E-state index in [1.54, 1.807) is 18.2 Å². The van der Waals surface area contributed by atoms with Crippen molar-refractivity contribution >= 4 is 22.6 Å². The van der Waals surface area contributed by atoms with Gasteiger partial charge in [-0.2, -0.15) is 0 Å². The minimum absolute atomic E-state index is 0.271. The highest BCUT2D eigenvalue weighted by Gasteiger charge is 2.33. The van der Waals surface area contributed by atoms with Crippen LogP contribution < -0.4 is 16.0 Å². The number of hydrogen-bond acceptors (Lipinski definition) is 3. The fraction of sp³-hybridized carbons (Fsp3) is 0.143. The fourth-order valence-corrected chi connectivity index (χ4v) is 2.56. The lowest BCUT2D eigenvalue weighted by Gasteiger charge is -2.21. The molecule has 0 aliphatic heterocycles. The number of benzene rings is 2. The minimum atomic E-state index is -4.75. The molecule has 0 aliphatic carbocycles. The SMILES string of the molecule is NNC(c1cccc(I)c1)c1ccccc1OC(F)(F)F. The number of halogens is 4. The van der Waals surface area contributed by atoms with Gasteiger partial charge >= 0.3 is 6.36 Å². The number of alkyl halides is 3. The molecule has 2 aromatic carbocycles. The first-order valence-electron chi connectivity index (χ1n) is 5.97. The maximum absolute atomic E-state index is 12.5. The van der Waals surface area contributed by atoms with Crippen molar-refractivity contribution in [3.05, 3.63) is 63.2 Å². The third-order valence-electron chi connectivity index (χ3n) is 2.80. The minimum Gasteiger partial charge on any atom is -0.405 e. The first-order valence-corrected chi connectivity index (χ1v) is 7.05. The van der Waals surface area contributed by atoms with E-state index in [1.807, 2.05) is 18.2 Å². The molecule has 0 aliphatic rings. The molecule has 0 radical (unpaired) electrons. The number of ether oxygens (including phenoxy) is 1. The van der Waals surface area contributed by atoms with E-state index in [-0.39, 0.29) is 5.75 Å². The fourth-order valence-electron chi connectivity index (χ4n) is 1.99. The van der Waals surface area contributed by atoms with Gasteiger partial charge in [-0.15, -0.1) is 13.2 Å². The molecule has 0 fully saturated rings. The van der Waals surface area contributed by atoms with Gasteiger partial charge in [0.2, 0.25) is 0 Å². The number of hydrazine groups is 1. The maximum Gasteiger partial charge on any atom is 0.573 e. The van der Waals surface area contributed by atoms with Gasteiger partial charge in [-0.3, -0.25) is 5.84 Å². The lowest BCUT2D eigenvalue weighted by atomic mass is 9.98. The summed E-state index contributed by atoms with van der Waals surface area (Å²) in [6.45, 7) is 0. The molecular formula is C14H12F3IN2O. The van der Waals surface area contributed by atoms with E-state index in [4.69, 9.17) is 5.84 Å². The average Bonchev–Trinajstić information content (AvgIpc) is 2.40. The third kappa shape index (κ3) is 4.32. The number of para-hydroxylation sites is 1. The van der Waals surface area contributed by atoms with Crippen molar-refractivity contribution < 1.29 is 17.9 Å². The van der Waals surface area contributed by atoms with Crippen LogP contribution in [0.4, 0.5) is 13.2 Å². The molecular weight excluding hydrogens is 396 g/mol. The van der Waals surface area contributed by atoms with Gasteiger partial charge in [0.1, 0.15) is 5.75 Å². The summed E-state index contributed by atoms with van der Waals surface area (Å²) < 4.78 is 42.5. The Bertz CT molecular complexity index is 619.